The molecule has 0 radical (unpaired) electrons. The maximum Gasteiger partial charge on any atom is 0.137 e. The number of imidazole rings is 1. The zero-order valence-electron chi connectivity index (χ0n) is 10.7. The van der Waals surface area contributed by atoms with Gasteiger partial charge in [-0.25, -0.2) is 4.98 Å². The first-order valence-corrected chi connectivity index (χ1v) is 6.53. The molecule has 96 valence electrons. The topological polar surface area (TPSA) is 54.7 Å². The van der Waals surface area contributed by atoms with Crippen LogP contribution >= 0.6 is 11.6 Å². The molecule has 0 aliphatic heterocycles. The van der Waals surface area contributed by atoms with Crippen LogP contribution in [0, 0.1) is 0 Å². The van der Waals surface area contributed by atoms with Crippen LogP contribution < -0.4 is 5.73 Å². The molecule has 1 aromatic carbocycles. The zero-order chi connectivity index (χ0) is 13.2. The lowest BCUT2D eigenvalue weighted by molar-refractivity contribution is 0.444. The monoisotopic (exact) mass is 263 g/mol. The van der Waals surface area contributed by atoms with Gasteiger partial charge >= 0.3 is 0 Å². The Morgan fingerprint density at radius 1 is 1.39 bits per heavy atom. The van der Waals surface area contributed by atoms with Gasteiger partial charge in [0, 0.05) is 5.56 Å². The van der Waals surface area contributed by atoms with Crippen LogP contribution in [0.3, 0.4) is 0 Å². The van der Waals surface area contributed by atoms with Gasteiger partial charge < -0.3 is 10.7 Å². The van der Waals surface area contributed by atoms with Gasteiger partial charge in [0.05, 0.1) is 22.8 Å². The third kappa shape index (κ3) is 2.42. The number of hydrogen-bond donors (Lipinski definition) is 2. The van der Waals surface area contributed by atoms with Gasteiger partial charge in [0.25, 0.3) is 0 Å². The fourth-order valence-corrected chi connectivity index (χ4v) is 2.05. The molecule has 0 fully saturated rings. The van der Waals surface area contributed by atoms with Gasteiger partial charge in [-0.05, 0) is 13.3 Å². The summed E-state index contributed by atoms with van der Waals surface area (Å²) in [7, 11) is 0. The molecule has 2 aromatic rings. The second kappa shape index (κ2) is 5.12. The standard InChI is InChI=1S/C14H18ClN3/c1-3-11(15)14(2,16)12-9-17-13(18-12)10-7-5-4-6-8-10/h4-9,11H,3,16H2,1-2H3,(H,17,18). The maximum atomic E-state index is 6.28. The molecule has 0 bridgehead atoms. The fourth-order valence-electron chi connectivity index (χ4n) is 1.93. The summed E-state index contributed by atoms with van der Waals surface area (Å²) in [6.07, 6.45) is 2.58. The molecule has 0 aliphatic rings. The molecular weight excluding hydrogens is 246 g/mol. The highest BCUT2D eigenvalue weighted by atomic mass is 35.5. The molecule has 3 N–H and O–H groups in total. The SMILES string of the molecule is CCC(Cl)C(C)(N)c1cnc(-c2ccccc2)[nH]1. The number of aromatic amines is 1. The molecular formula is C14H18ClN3. The van der Waals surface area contributed by atoms with Gasteiger partial charge in [-0.1, -0.05) is 37.3 Å². The highest BCUT2D eigenvalue weighted by Gasteiger charge is 2.31. The molecule has 4 heteroatoms. The van der Waals surface area contributed by atoms with Crippen molar-refractivity contribution in [2.75, 3.05) is 0 Å². The van der Waals surface area contributed by atoms with Crippen LogP contribution in [0.15, 0.2) is 36.5 Å². The van der Waals surface area contributed by atoms with Crippen molar-refractivity contribution in [1.29, 1.82) is 0 Å². The van der Waals surface area contributed by atoms with Crippen LogP contribution in [-0.4, -0.2) is 15.3 Å². The highest BCUT2D eigenvalue weighted by Crippen LogP contribution is 2.28. The van der Waals surface area contributed by atoms with Crippen LogP contribution in [0.2, 0.25) is 0 Å². The van der Waals surface area contributed by atoms with E-state index in [4.69, 9.17) is 17.3 Å². The van der Waals surface area contributed by atoms with E-state index in [0.29, 0.717) is 0 Å². The van der Waals surface area contributed by atoms with Crippen molar-refractivity contribution in [3.63, 3.8) is 0 Å². The van der Waals surface area contributed by atoms with Crippen LogP contribution in [0.5, 0.6) is 0 Å². The molecule has 3 nitrogen and oxygen atoms in total. The smallest absolute Gasteiger partial charge is 0.137 e. The summed E-state index contributed by atoms with van der Waals surface area (Å²) < 4.78 is 0. The maximum absolute atomic E-state index is 6.28. The molecule has 1 heterocycles. The lowest BCUT2D eigenvalue weighted by atomic mass is 9.93. The van der Waals surface area contributed by atoms with Gasteiger partial charge in [-0.3, -0.25) is 0 Å². The summed E-state index contributed by atoms with van der Waals surface area (Å²) in [5, 5.41) is -0.124. The van der Waals surface area contributed by atoms with E-state index in [1.54, 1.807) is 6.20 Å². The average molecular weight is 264 g/mol. The normalized spacial score (nSPS) is 16.2. The molecule has 2 unspecified atom stereocenters. The minimum atomic E-state index is -0.601. The molecule has 1 aromatic heterocycles. The summed E-state index contributed by atoms with van der Waals surface area (Å²) in [6, 6.07) is 9.96. The first kappa shape index (κ1) is 13.1. The number of halogens is 1. The molecule has 0 aliphatic carbocycles. The van der Waals surface area contributed by atoms with E-state index >= 15 is 0 Å². The van der Waals surface area contributed by atoms with Crippen molar-refractivity contribution in [1.82, 2.24) is 9.97 Å². The van der Waals surface area contributed by atoms with E-state index in [1.165, 1.54) is 0 Å². The van der Waals surface area contributed by atoms with Crippen LogP contribution in [0.25, 0.3) is 11.4 Å². The Kier molecular flexibility index (Phi) is 3.73. The molecule has 2 atom stereocenters. The van der Waals surface area contributed by atoms with Crippen LogP contribution in [-0.2, 0) is 5.54 Å². The Morgan fingerprint density at radius 3 is 2.67 bits per heavy atom. The van der Waals surface area contributed by atoms with E-state index in [9.17, 15) is 0 Å². The van der Waals surface area contributed by atoms with Crippen molar-refractivity contribution in [2.45, 2.75) is 31.2 Å². The molecule has 0 saturated heterocycles. The van der Waals surface area contributed by atoms with Gasteiger partial charge in [-0.15, -0.1) is 11.6 Å². The summed E-state index contributed by atoms with van der Waals surface area (Å²) in [6.45, 7) is 3.95. The van der Waals surface area contributed by atoms with Gasteiger partial charge in [0.15, 0.2) is 0 Å². The minimum absolute atomic E-state index is 0.124. The van der Waals surface area contributed by atoms with E-state index in [2.05, 4.69) is 9.97 Å². The highest BCUT2D eigenvalue weighted by molar-refractivity contribution is 6.21. The van der Waals surface area contributed by atoms with E-state index in [0.717, 1.165) is 23.5 Å². The largest absolute Gasteiger partial charge is 0.340 e. The third-order valence-corrected chi connectivity index (χ3v) is 3.97. The predicted octanol–water partition coefficient (Wildman–Crippen LogP) is 3.27. The molecule has 18 heavy (non-hydrogen) atoms. The molecule has 0 saturated carbocycles. The fraction of sp³-hybridized carbons (Fsp3) is 0.357. The predicted molar refractivity (Wildman–Crippen MR) is 75.5 cm³/mol. The number of nitrogens with zero attached hydrogens (tertiary/aromatic N) is 1. The van der Waals surface area contributed by atoms with E-state index in [-0.39, 0.29) is 5.38 Å². The molecule has 0 spiro atoms. The summed E-state index contributed by atoms with van der Waals surface area (Å²) in [5.74, 6) is 0.822. The summed E-state index contributed by atoms with van der Waals surface area (Å²) >= 11 is 6.27. The quantitative estimate of drug-likeness (QED) is 0.832. The van der Waals surface area contributed by atoms with Crippen LogP contribution in [0.4, 0.5) is 0 Å². The Labute approximate surface area is 112 Å². The Morgan fingerprint density at radius 2 is 2.06 bits per heavy atom. The lowest BCUT2D eigenvalue weighted by Gasteiger charge is -2.27. The number of alkyl halides is 1. The molecule has 2 rings (SSSR count). The Balaban J connectivity index is 2.31. The van der Waals surface area contributed by atoms with Crippen molar-refractivity contribution in [3.05, 3.63) is 42.2 Å². The van der Waals surface area contributed by atoms with Gasteiger partial charge in [0.1, 0.15) is 5.82 Å². The Hall–Kier alpha value is -1.32. The minimum Gasteiger partial charge on any atom is -0.340 e. The lowest BCUT2D eigenvalue weighted by Crippen LogP contribution is -2.42. The number of nitrogens with two attached hydrogens (primary N) is 1. The zero-order valence-corrected chi connectivity index (χ0v) is 11.4. The molecule has 0 amide bonds. The number of nitrogens with one attached hydrogen (secondary N) is 1. The summed E-state index contributed by atoms with van der Waals surface area (Å²) in [5.41, 5.74) is 7.59. The van der Waals surface area contributed by atoms with E-state index in [1.807, 2.05) is 44.2 Å². The number of rotatable bonds is 4. The van der Waals surface area contributed by atoms with Gasteiger partial charge in [-0.2, -0.15) is 0 Å². The Bertz CT molecular complexity index is 505. The first-order chi connectivity index (χ1) is 8.55. The number of H-pyrrole nitrogens is 1. The van der Waals surface area contributed by atoms with Crippen molar-refractivity contribution >= 4 is 11.6 Å². The van der Waals surface area contributed by atoms with Gasteiger partial charge in [0.2, 0.25) is 0 Å². The van der Waals surface area contributed by atoms with Crippen molar-refractivity contribution < 1.29 is 0 Å². The number of aromatic nitrogens is 2. The second-order valence-electron chi connectivity index (χ2n) is 4.67. The number of benzene rings is 1. The van der Waals surface area contributed by atoms with Crippen molar-refractivity contribution in [2.24, 2.45) is 5.73 Å². The first-order valence-electron chi connectivity index (χ1n) is 6.09. The van der Waals surface area contributed by atoms with Crippen LogP contribution in [0.1, 0.15) is 26.0 Å². The number of hydrogen-bond acceptors (Lipinski definition) is 2. The average Bonchev–Trinajstić information content (AvgIpc) is 2.89. The van der Waals surface area contributed by atoms with Crippen molar-refractivity contribution in [3.8, 4) is 11.4 Å². The summed E-state index contributed by atoms with van der Waals surface area (Å²) in [4.78, 5) is 7.64. The van der Waals surface area contributed by atoms with E-state index < -0.39 is 5.54 Å². The second-order valence-corrected chi connectivity index (χ2v) is 5.20. The third-order valence-electron chi connectivity index (χ3n) is 3.21.